The van der Waals surface area contributed by atoms with Gasteiger partial charge in [-0.1, -0.05) is 37.6 Å². The summed E-state index contributed by atoms with van der Waals surface area (Å²) in [6, 6.07) is 8.06. The normalized spacial score (nSPS) is 13.1. The third-order valence-corrected chi connectivity index (χ3v) is 4.82. The molecule has 0 aliphatic rings. The minimum absolute atomic E-state index is 0.262. The molecular weight excluding hydrogens is 348 g/mol. The fourth-order valence-corrected chi connectivity index (χ4v) is 3.24. The summed E-state index contributed by atoms with van der Waals surface area (Å²) in [5.41, 5.74) is 2.25. The van der Waals surface area contributed by atoms with Crippen molar-refractivity contribution < 1.29 is 29.7 Å². The van der Waals surface area contributed by atoms with Crippen LogP contribution in [0, 0.1) is 11.8 Å². The molecule has 1 aromatic carbocycles. The van der Waals surface area contributed by atoms with Gasteiger partial charge in [-0.2, -0.15) is 0 Å². The van der Waals surface area contributed by atoms with Crippen LogP contribution in [0.25, 0.3) is 0 Å². The predicted octanol–water partition coefficient (Wildman–Crippen LogP) is 4.01. The highest BCUT2D eigenvalue weighted by Gasteiger charge is 2.20. The van der Waals surface area contributed by atoms with Crippen LogP contribution in [-0.4, -0.2) is 33.2 Å². The lowest BCUT2D eigenvalue weighted by Crippen LogP contribution is -2.17. The Hall–Kier alpha value is -2.37. The van der Waals surface area contributed by atoms with E-state index < -0.39 is 23.8 Å². The van der Waals surface area contributed by atoms with Gasteiger partial charge in [-0.15, -0.1) is 0 Å². The van der Waals surface area contributed by atoms with Gasteiger partial charge >= 0.3 is 17.9 Å². The lowest BCUT2D eigenvalue weighted by Gasteiger charge is -2.11. The number of hydrogen-bond donors (Lipinski definition) is 3. The van der Waals surface area contributed by atoms with Crippen molar-refractivity contribution in [2.75, 3.05) is 0 Å². The van der Waals surface area contributed by atoms with E-state index in [1.807, 2.05) is 31.2 Å². The molecule has 150 valence electrons. The highest BCUT2D eigenvalue weighted by atomic mass is 16.4. The summed E-state index contributed by atoms with van der Waals surface area (Å²) in [5.74, 6) is -3.96. The van der Waals surface area contributed by atoms with Crippen molar-refractivity contribution in [3.05, 3.63) is 35.4 Å². The average Bonchev–Trinajstić information content (AvgIpc) is 2.60. The largest absolute Gasteiger partial charge is 0.481 e. The van der Waals surface area contributed by atoms with Crippen molar-refractivity contribution in [1.29, 1.82) is 0 Å². The van der Waals surface area contributed by atoms with Gasteiger partial charge in [0.05, 0.1) is 18.3 Å². The number of rotatable bonds is 14. The molecule has 3 N–H and O–H groups in total. The second-order valence-electron chi connectivity index (χ2n) is 7.06. The Morgan fingerprint density at radius 3 is 1.59 bits per heavy atom. The van der Waals surface area contributed by atoms with E-state index in [1.165, 1.54) is 0 Å². The second kappa shape index (κ2) is 12.1. The number of benzene rings is 1. The summed E-state index contributed by atoms with van der Waals surface area (Å²) in [6.45, 7) is 2.00. The number of carboxylic acids is 3. The van der Waals surface area contributed by atoms with Crippen molar-refractivity contribution in [1.82, 2.24) is 0 Å². The van der Waals surface area contributed by atoms with E-state index in [0.29, 0.717) is 32.1 Å². The SMILES string of the molecule is CCCC(CCCc1ccc(CCCC(CC(=O)O)C(=O)O)cc1)C(=O)O. The summed E-state index contributed by atoms with van der Waals surface area (Å²) >= 11 is 0. The number of carbonyl (C=O) groups is 3. The molecule has 0 heterocycles. The first-order chi connectivity index (χ1) is 12.8. The maximum absolute atomic E-state index is 11.2. The Bertz CT molecular complexity index is 608. The van der Waals surface area contributed by atoms with Crippen LogP contribution in [0.5, 0.6) is 0 Å². The number of aryl methyl sites for hydroxylation is 2. The van der Waals surface area contributed by atoms with Crippen LogP contribution in [0.15, 0.2) is 24.3 Å². The van der Waals surface area contributed by atoms with Crippen LogP contribution in [0.2, 0.25) is 0 Å². The second-order valence-corrected chi connectivity index (χ2v) is 7.06. The van der Waals surface area contributed by atoms with Gasteiger partial charge < -0.3 is 15.3 Å². The first kappa shape index (κ1) is 22.7. The molecule has 0 saturated heterocycles. The van der Waals surface area contributed by atoms with Gasteiger partial charge in [0.2, 0.25) is 0 Å². The van der Waals surface area contributed by atoms with Crippen molar-refractivity contribution in [2.24, 2.45) is 11.8 Å². The standard InChI is InChI=1S/C21H30O6/c1-2-5-17(20(24)25)8-3-6-15-10-12-16(13-11-15)7-4-9-18(21(26)27)14-19(22)23/h10-13,17-18H,2-9,14H2,1H3,(H,22,23)(H,24,25)(H,26,27). The molecular formula is C21H30O6. The number of carboxylic acid groups (broad SMARTS) is 3. The van der Waals surface area contributed by atoms with Gasteiger partial charge in [0.15, 0.2) is 0 Å². The Morgan fingerprint density at radius 2 is 1.22 bits per heavy atom. The monoisotopic (exact) mass is 378 g/mol. The molecule has 2 unspecified atom stereocenters. The molecule has 1 aromatic rings. The van der Waals surface area contributed by atoms with Crippen molar-refractivity contribution in [3.63, 3.8) is 0 Å². The molecule has 0 amide bonds. The van der Waals surface area contributed by atoms with Crippen LogP contribution >= 0.6 is 0 Å². The molecule has 6 heteroatoms. The quantitative estimate of drug-likeness (QED) is 0.451. The lowest BCUT2D eigenvalue weighted by atomic mass is 9.94. The third kappa shape index (κ3) is 9.22. The molecule has 0 aliphatic carbocycles. The van der Waals surface area contributed by atoms with Crippen LogP contribution < -0.4 is 0 Å². The topological polar surface area (TPSA) is 112 Å². The number of aliphatic carboxylic acids is 3. The van der Waals surface area contributed by atoms with E-state index in [-0.39, 0.29) is 12.3 Å². The van der Waals surface area contributed by atoms with Gasteiger partial charge in [0, 0.05) is 0 Å². The Balaban J connectivity index is 2.39. The molecule has 0 aliphatic heterocycles. The van der Waals surface area contributed by atoms with Crippen LogP contribution in [-0.2, 0) is 27.2 Å². The summed E-state index contributed by atoms with van der Waals surface area (Å²) in [4.78, 5) is 32.9. The van der Waals surface area contributed by atoms with E-state index in [1.54, 1.807) is 0 Å². The fraction of sp³-hybridized carbons (Fsp3) is 0.571. The fourth-order valence-electron chi connectivity index (χ4n) is 3.24. The van der Waals surface area contributed by atoms with Crippen LogP contribution in [0.4, 0.5) is 0 Å². The first-order valence-electron chi connectivity index (χ1n) is 9.58. The number of hydrogen-bond acceptors (Lipinski definition) is 3. The van der Waals surface area contributed by atoms with Gasteiger partial charge in [-0.25, -0.2) is 0 Å². The van der Waals surface area contributed by atoms with E-state index in [2.05, 4.69) is 0 Å². The van der Waals surface area contributed by atoms with Crippen molar-refractivity contribution in [3.8, 4) is 0 Å². The van der Waals surface area contributed by atoms with Crippen molar-refractivity contribution in [2.45, 2.75) is 64.7 Å². The van der Waals surface area contributed by atoms with Crippen molar-refractivity contribution >= 4 is 17.9 Å². The summed E-state index contributed by atoms with van der Waals surface area (Å²) in [7, 11) is 0. The van der Waals surface area contributed by atoms with Gasteiger partial charge in [-0.3, -0.25) is 14.4 Å². The zero-order chi connectivity index (χ0) is 20.2. The van der Waals surface area contributed by atoms with E-state index in [4.69, 9.17) is 10.2 Å². The zero-order valence-corrected chi connectivity index (χ0v) is 15.9. The Kier molecular flexibility index (Phi) is 10.2. The molecule has 0 fully saturated rings. The predicted molar refractivity (Wildman–Crippen MR) is 102 cm³/mol. The molecule has 0 spiro atoms. The molecule has 1 rings (SSSR count). The highest BCUT2D eigenvalue weighted by Crippen LogP contribution is 2.18. The van der Waals surface area contributed by atoms with E-state index in [9.17, 15) is 19.5 Å². The van der Waals surface area contributed by atoms with E-state index in [0.717, 1.165) is 30.4 Å². The lowest BCUT2D eigenvalue weighted by molar-refractivity contribution is -0.148. The molecule has 0 bridgehead atoms. The minimum atomic E-state index is -1.09. The van der Waals surface area contributed by atoms with Crippen LogP contribution in [0.3, 0.4) is 0 Å². The first-order valence-corrected chi connectivity index (χ1v) is 9.58. The molecule has 6 nitrogen and oxygen atoms in total. The summed E-state index contributed by atoms with van der Waals surface area (Å²) < 4.78 is 0. The minimum Gasteiger partial charge on any atom is -0.481 e. The van der Waals surface area contributed by atoms with Gasteiger partial charge in [-0.05, 0) is 56.1 Å². The molecule has 27 heavy (non-hydrogen) atoms. The zero-order valence-electron chi connectivity index (χ0n) is 15.9. The summed E-state index contributed by atoms with van der Waals surface area (Å²) in [6.07, 6.45) is 5.29. The van der Waals surface area contributed by atoms with E-state index >= 15 is 0 Å². The van der Waals surface area contributed by atoms with Crippen LogP contribution in [0.1, 0.15) is 63.0 Å². The molecule has 0 saturated carbocycles. The average molecular weight is 378 g/mol. The van der Waals surface area contributed by atoms with Gasteiger partial charge in [0.1, 0.15) is 0 Å². The maximum atomic E-state index is 11.2. The molecule has 0 radical (unpaired) electrons. The Morgan fingerprint density at radius 1 is 0.778 bits per heavy atom. The highest BCUT2D eigenvalue weighted by molar-refractivity contribution is 5.77. The third-order valence-electron chi connectivity index (χ3n) is 4.82. The molecule has 2 atom stereocenters. The maximum Gasteiger partial charge on any atom is 0.307 e. The molecule has 0 aromatic heterocycles. The smallest absolute Gasteiger partial charge is 0.307 e. The Labute approximate surface area is 160 Å². The summed E-state index contributed by atoms with van der Waals surface area (Å²) in [5, 5.41) is 27.0. The van der Waals surface area contributed by atoms with Gasteiger partial charge in [0.25, 0.3) is 0 Å².